The number of benzene rings is 2. The van der Waals surface area contributed by atoms with E-state index in [9.17, 15) is 9.90 Å². The van der Waals surface area contributed by atoms with Gasteiger partial charge in [-0.05, 0) is 81.0 Å². The van der Waals surface area contributed by atoms with Crippen molar-refractivity contribution >= 4 is 36.0 Å². The number of phenols is 1. The summed E-state index contributed by atoms with van der Waals surface area (Å²) < 4.78 is 6.47. The van der Waals surface area contributed by atoms with Crippen molar-refractivity contribution in [3.05, 3.63) is 58.2 Å². The van der Waals surface area contributed by atoms with Crippen LogP contribution in [-0.4, -0.2) is 41.1 Å². The summed E-state index contributed by atoms with van der Waals surface area (Å²) in [5.41, 5.74) is 10.4. The fourth-order valence-corrected chi connectivity index (χ4v) is 4.11. The third-order valence-corrected chi connectivity index (χ3v) is 6.55. The Labute approximate surface area is 207 Å². The average molecular weight is 487 g/mol. The van der Waals surface area contributed by atoms with Crippen molar-refractivity contribution in [2.75, 3.05) is 18.9 Å². The Morgan fingerprint density at radius 3 is 2.50 bits per heavy atom. The molecule has 3 rings (SSSR count). The largest absolute Gasteiger partial charge is 0.507 e. The van der Waals surface area contributed by atoms with E-state index in [4.69, 9.17) is 15.9 Å². The number of likely N-dealkylation sites (N-methyl/N-ethyl adjacent to an activating group) is 1. The lowest BCUT2D eigenvalue weighted by atomic mass is 9.85. The Kier molecular flexibility index (Phi) is 8.61. The van der Waals surface area contributed by atoms with Gasteiger partial charge in [0.25, 0.3) is 0 Å². The Morgan fingerprint density at radius 2 is 1.88 bits per heavy atom. The molecule has 0 aromatic heterocycles. The first-order valence-corrected chi connectivity index (χ1v) is 11.2. The van der Waals surface area contributed by atoms with E-state index < -0.39 is 0 Å². The molecule has 2 aromatic rings. The highest BCUT2D eigenvalue weighted by Gasteiger charge is 2.34. The van der Waals surface area contributed by atoms with Gasteiger partial charge >= 0.3 is 0 Å². The summed E-state index contributed by atoms with van der Waals surface area (Å²) in [5.74, 6) is 1.05. The Hall–Kier alpha value is -3.19. The summed E-state index contributed by atoms with van der Waals surface area (Å²) in [4.78, 5) is 14.3. The molecular weight excluding hydrogens is 452 g/mol. The summed E-state index contributed by atoms with van der Waals surface area (Å²) >= 11 is 0. The maximum absolute atomic E-state index is 12.6. The number of amides is 1. The number of ether oxygens (including phenoxy) is 1. The van der Waals surface area contributed by atoms with Crippen molar-refractivity contribution in [3.8, 4) is 11.5 Å². The number of anilines is 1. The number of guanidine groups is 1. The number of hydrogen-bond donors (Lipinski definition) is 4. The van der Waals surface area contributed by atoms with Crippen LogP contribution < -0.4 is 15.8 Å². The molecule has 1 heterocycles. The number of fused-ring (bicyclic) bond motifs is 1. The molecule has 1 atom stereocenters. The lowest BCUT2D eigenvalue weighted by molar-refractivity contribution is -0.125. The Balaban J connectivity index is 0.00000408. The van der Waals surface area contributed by atoms with Crippen LogP contribution in [0.25, 0.3) is 6.08 Å². The van der Waals surface area contributed by atoms with E-state index in [0.29, 0.717) is 18.7 Å². The molecule has 0 saturated heterocycles. The quantitative estimate of drug-likeness (QED) is 0.269. The molecule has 34 heavy (non-hydrogen) atoms. The van der Waals surface area contributed by atoms with Gasteiger partial charge in [-0.25, -0.2) is 0 Å². The number of carbonyl (C=O) groups excluding carboxylic acids is 1. The highest BCUT2D eigenvalue weighted by atomic mass is 35.5. The van der Waals surface area contributed by atoms with Crippen LogP contribution in [0.5, 0.6) is 11.5 Å². The van der Waals surface area contributed by atoms with Gasteiger partial charge in [0, 0.05) is 37.3 Å². The van der Waals surface area contributed by atoms with E-state index in [1.54, 1.807) is 36.2 Å². The zero-order chi connectivity index (χ0) is 24.3. The van der Waals surface area contributed by atoms with Crippen LogP contribution in [0, 0.1) is 26.2 Å². The fourth-order valence-electron chi connectivity index (χ4n) is 4.11. The monoisotopic (exact) mass is 486 g/mol. The van der Waals surface area contributed by atoms with E-state index in [1.165, 1.54) is 0 Å². The van der Waals surface area contributed by atoms with Crippen molar-refractivity contribution in [3.63, 3.8) is 0 Å². The molecule has 7 nitrogen and oxygen atoms in total. The first-order chi connectivity index (χ1) is 15.5. The molecule has 0 fully saturated rings. The summed E-state index contributed by atoms with van der Waals surface area (Å²) in [5, 5.41) is 20.3. The second kappa shape index (κ2) is 10.8. The van der Waals surface area contributed by atoms with Gasteiger partial charge in [-0.3, -0.25) is 10.2 Å². The summed E-state index contributed by atoms with van der Waals surface area (Å²) in [7, 11) is 1.80. The van der Waals surface area contributed by atoms with Crippen LogP contribution >= 0.6 is 12.4 Å². The third kappa shape index (κ3) is 6.03. The molecule has 0 spiro atoms. The van der Waals surface area contributed by atoms with Crippen LogP contribution in [0.3, 0.4) is 0 Å². The molecule has 0 radical (unpaired) electrons. The van der Waals surface area contributed by atoms with Crippen molar-refractivity contribution < 1.29 is 14.6 Å². The van der Waals surface area contributed by atoms with Crippen LogP contribution in [-0.2, 0) is 11.2 Å². The molecule has 1 aliphatic rings. The highest BCUT2D eigenvalue weighted by molar-refractivity contribution is 5.92. The summed E-state index contributed by atoms with van der Waals surface area (Å²) in [6, 6.07) is 7.32. The predicted molar refractivity (Wildman–Crippen MR) is 140 cm³/mol. The SMILES string of the molecule is Cc1c(C)c2c(c(C)c1O)CCC(C)(CCN(C)C(=O)/C=C/c1ccc(NC(=N)N)cc1)O2.Cl. The molecule has 2 aromatic carbocycles. The highest BCUT2D eigenvalue weighted by Crippen LogP contribution is 2.44. The zero-order valence-electron chi connectivity index (χ0n) is 20.5. The molecule has 5 N–H and O–H groups in total. The van der Waals surface area contributed by atoms with Gasteiger partial charge in [0.05, 0.1) is 0 Å². The summed E-state index contributed by atoms with van der Waals surface area (Å²) in [6.07, 6.45) is 5.73. The normalized spacial score (nSPS) is 16.9. The average Bonchev–Trinajstić information content (AvgIpc) is 2.78. The zero-order valence-corrected chi connectivity index (χ0v) is 21.3. The molecule has 1 amide bonds. The van der Waals surface area contributed by atoms with Crippen LogP contribution in [0.2, 0.25) is 0 Å². The number of aromatic hydroxyl groups is 1. The molecule has 0 aliphatic carbocycles. The van der Waals surface area contributed by atoms with Crippen molar-refractivity contribution in [2.24, 2.45) is 5.73 Å². The van der Waals surface area contributed by atoms with Gasteiger partial charge in [-0.2, -0.15) is 0 Å². The number of halogens is 1. The smallest absolute Gasteiger partial charge is 0.246 e. The maximum atomic E-state index is 12.6. The molecule has 8 heteroatoms. The minimum absolute atomic E-state index is 0. The van der Waals surface area contributed by atoms with Gasteiger partial charge in [0.1, 0.15) is 17.1 Å². The molecule has 1 unspecified atom stereocenters. The van der Waals surface area contributed by atoms with Gasteiger partial charge in [0.2, 0.25) is 5.91 Å². The molecule has 1 aliphatic heterocycles. The van der Waals surface area contributed by atoms with Gasteiger partial charge in [0.15, 0.2) is 5.96 Å². The molecule has 0 bridgehead atoms. The van der Waals surface area contributed by atoms with Gasteiger partial charge in [-0.1, -0.05) is 12.1 Å². The van der Waals surface area contributed by atoms with Crippen molar-refractivity contribution in [1.29, 1.82) is 5.41 Å². The number of phenolic OH excluding ortho intramolecular Hbond substituents is 1. The van der Waals surface area contributed by atoms with E-state index in [0.717, 1.165) is 52.1 Å². The van der Waals surface area contributed by atoms with Crippen LogP contribution in [0.1, 0.15) is 47.6 Å². The van der Waals surface area contributed by atoms with E-state index in [-0.39, 0.29) is 29.9 Å². The van der Waals surface area contributed by atoms with Crippen molar-refractivity contribution in [1.82, 2.24) is 4.90 Å². The van der Waals surface area contributed by atoms with E-state index in [2.05, 4.69) is 12.2 Å². The number of hydrogen-bond acceptors (Lipinski definition) is 4. The van der Waals surface area contributed by atoms with Gasteiger partial charge < -0.3 is 25.8 Å². The maximum Gasteiger partial charge on any atom is 0.246 e. The van der Waals surface area contributed by atoms with Crippen molar-refractivity contribution in [2.45, 2.75) is 52.6 Å². The lowest BCUT2D eigenvalue weighted by Gasteiger charge is -2.38. The lowest BCUT2D eigenvalue weighted by Crippen LogP contribution is -2.41. The topological polar surface area (TPSA) is 112 Å². The molecular formula is C26H35ClN4O3. The second-order valence-corrected chi connectivity index (χ2v) is 9.09. The number of nitrogens with two attached hydrogens (primary N) is 1. The Morgan fingerprint density at radius 1 is 1.24 bits per heavy atom. The fraction of sp³-hybridized carbons (Fsp3) is 0.385. The Bertz CT molecular complexity index is 1100. The third-order valence-electron chi connectivity index (χ3n) is 6.55. The number of rotatable bonds is 6. The summed E-state index contributed by atoms with van der Waals surface area (Å²) in [6.45, 7) is 8.52. The first-order valence-electron chi connectivity index (χ1n) is 11.2. The van der Waals surface area contributed by atoms with Crippen LogP contribution in [0.15, 0.2) is 30.3 Å². The minimum atomic E-state index is -0.370. The number of carbonyl (C=O) groups is 1. The number of nitrogens with one attached hydrogen (secondary N) is 2. The first kappa shape index (κ1) is 27.1. The standard InChI is InChI=1S/C26H34N4O3.ClH/c1-16-17(2)24-21(18(3)23(16)32)12-13-26(4,33-24)14-15-30(5)22(31)11-8-19-6-9-20(10-7-19)29-25(27)28;/h6-11,32H,12-15H2,1-5H3,(H4,27,28,29);1H/b11-8+;. The minimum Gasteiger partial charge on any atom is -0.507 e. The van der Waals surface area contributed by atoms with Gasteiger partial charge in [-0.15, -0.1) is 12.4 Å². The van der Waals surface area contributed by atoms with Crippen LogP contribution in [0.4, 0.5) is 5.69 Å². The second-order valence-electron chi connectivity index (χ2n) is 9.09. The van der Waals surface area contributed by atoms with E-state index in [1.807, 2.05) is 32.9 Å². The molecule has 184 valence electrons. The number of nitrogens with zero attached hydrogens (tertiary/aromatic N) is 1. The molecule has 0 saturated carbocycles. The van der Waals surface area contributed by atoms with E-state index >= 15 is 0 Å². The predicted octanol–water partition coefficient (Wildman–Crippen LogP) is 4.69.